The number of nitro groups is 1. The number of nitro benzene ring substituents is 1. The number of carbonyl (C=O) groups excluding carboxylic acids is 2. The third-order valence-corrected chi connectivity index (χ3v) is 4.72. The second-order valence-electron chi connectivity index (χ2n) is 5.18. The Morgan fingerprint density at radius 1 is 1.27 bits per heavy atom. The lowest BCUT2D eigenvalue weighted by molar-refractivity contribution is -0.384. The number of nitrogens with zero attached hydrogens (tertiary/aromatic N) is 1. The van der Waals surface area contributed by atoms with Crippen molar-refractivity contribution in [1.29, 1.82) is 0 Å². The standard InChI is InChI=1S/C17H15ClN2O5S/c1-11-4-2-3-5-15(11)26-10-17(22)25-9-16(21)19-14-8-12(20(23)24)6-7-13(14)18/h2-8H,9-10H2,1H3,(H,19,21). The van der Waals surface area contributed by atoms with Crippen LogP contribution in [-0.4, -0.2) is 29.2 Å². The minimum atomic E-state index is -0.637. The molecular weight excluding hydrogens is 380 g/mol. The van der Waals surface area contributed by atoms with Gasteiger partial charge in [0.15, 0.2) is 6.61 Å². The molecule has 0 spiro atoms. The second-order valence-corrected chi connectivity index (χ2v) is 6.61. The Morgan fingerprint density at radius 3 is 2.69 bits per heavy atom. The van der Waals surface area contributed by atoms with E-state index < -0.39 is 23.4 Å². The van der Waals surface area contributed by atoms with Gasteiger partial charge in [0.2, 0.25) is 0 Å². The molecule has 0 saturated carbocycles. The van der Waals surface area contributed by atoms with E-state index in [1.165, 1.54) is 23.9 Å². The van der Waals surface area contributed by atoms with E-state index in [1.807, 2.05) is 31.2 Å². The Bertz CT molecular complexity index is 844. The molecule has 1 amide bonds. The number of rotatable bonds is 7. The number of nitrogens with one attached hydrogen (secondary N) is 1. The summed E-state index contributed by atoms with van der Waals surface area (Å²) < 4.78 is 4.91. The van der Waals surface area contributed by atoms with E-state index in [-0.39, 0.29) is 22.2 Å². The summed E-state index contributed by atoms with van der Waals surface area (Å²) in [6, 6.07) is 11.3. The first-order valence-corrected chi connectivity index (χ1v) is 8.81. The number of benzene rings is 2. The van der Waals surface area contributed by atoms with Gasteiger partial charge in [-0.25, -0.2) is 0 Å². The number of anilines is 1. The normalized spacial score (nSPS) is 10.2. The molecule has 0 aromatic heterocycles. The highest BCUT2D eigenvalue weighted by Crippen LogP contribution is 2.26. The molecule has 7 nitrogen and oxygen atoms in total. The van der Waals surface area contributed by atoms with Gasteiger partial charge in [0.05, 0.1) is 21.4 Å². The summed E-state index contributed by atoms with van der Waals surface area (Å²) in [5.41, 5.74) is 0.913. The van der Waals surface area contributed by atoms with Gasteiger partial charge < -0.3 is 10.1 Å². The van der Waals surface area contributed by atoms with Crippen molar-refractivity contribution in [3.63, 3.8) is 0 Å². The first-order valence-electron chi connectivity index (χ1n) is 7.44. The summed E-state index contributed by atoms with van der Waals surface area (Å²) >= 11 is 7.21. The van der Waals surface area contributed by atoms with Crippen LogP contribution in [-0.2, 0) is 14.3 Å². The van der Waals surface area contributed by atoms with Crippen LogP contribution in [0.25, 0.3) is 0 Å². The number of thioether (sulfide) groups is 1. The van der Waals surface area contributed by atoms with Gasteiger partial charge in [-0.2, -0.15) is 0 Å². The molecule has 2 rings (SSSR count). The fourth-order valence-electron chi connectivity index (χ4n) is 1.95. The highest BCUT2D eigenvalue weighted by molar-refractivity contribution is 8.00. The minimum absolute atomic E-state index is 0.0652. The van der Waals surface area contributed by atoms with Crippen LogP contribution in [0, 0.1) is 17.0 Å². The molecule has 0 radical (unpaired) electrons. The van der Waals surface area contributed by atoms with Crippen LogP contribution in [0.3, 0.4) is 0 Å². The lowest BCUT2D eigenvalue weighted by atomic mass is 10.2. The Morgan fingerprint density at radius 2 is 2.00 bits per heavy atom. The molecule has 0 atom stereocenters. The number of hydrogen-bond donors (Lipinski definition) is 1. The molecule has 0 aliphatic rings. The van der Waals surface area contributed by atoms with Crippen molar-refractivity contribution in [3.8, 4) is 0 Å². The SMILES string of the molecule is Cc1ccccc1SCC(=O)OCC(=O)Nc1cc([N+](=O)[O-])ccc1Cl. The van der Waals surface area contributed by atoms with Crippen LogP contribution in [0.2, 0.25) is 5.02 Å². The zero-order valence-electron chi connectivity index (χ0n) is 13.7. The molecule has 9 heteroatoms. The first kappa shape index (κ1) is 19.7. The number of ether oxygens (including phenoxy) is 1. The fraction of sp³-hybridized carbons (Fsp3) is 0.176. The lowest BCUT2D eigenvalue weighted by Gasteiger charge is -2.08. The van der Waals surface area contributed by atoms with Crippen molar-refractivity contribution >= 4 is 46.6 Å². The van der Waals surface area contributed by atoms with E-state index in [0.717, 1.165) is 16.5 Å². The molecule has 0 heterocycles. The van der Waals surface area contributed by atoms with E-state index >= 15 is 0 Å². The maximum atomic E-state index is 11.9. The molecule has 0 fully saturated rings. The maximum absolute atomic E-state index is 11.9. The largest absolute Gasteiger partial charge is 0.455 e. The van der Waals surface area contributed by atoms with Gasteiger partial charge in [0.1, 0.15) is 0 Å². The maximum Gasteiger partial charge on any atom is 0.316 e. The van der Waals surface area contributed by atoms with Crippen molar-refractivity contribution in [2.45, 2.75) is 11.8 Å². The number of hydrogen-bond acceptors (Lipinski definition) is 6. The molecule has 0 bridgehead atoms. The van der Waals surface area contributed by atoms with Gasteiger partial charge >= 0.3 is 5.97 Å². The van der Waals surface area contributed by atoms with E-state index in [9.17, 15) is 19.7 Å². The zero-order valence-corrected chi connectivity index (χ0v) is 15.3. The summed E-state index contributed by atoms with van der Waals surface area (Å²) in [5.74, 6) is -1.12. The first-order chi connectivity index (χ1) is 12.4. The van der Waals surface area contributed by atoms with E-state index in [1.54, 1.807) is 0 Å². The molecule has 2 aromatic carbocycles. The smallest absolute Gasteiger partial charge is 0.316 e. The summed E-state index contributed by atoms with van der Waals surface area (Å²) in [7, 11) is 0. The highest BCUT2D eigenvalue weighted by atomic mass is 35.5. The summed E-state index contributed by atoms with van der Waals surface area (Å²) in [6.45, 7) is 1.43. The average Bonchev–Trinajstić information content (AvgIpc) is 2.61. The van der Waals surface area contributed by atoms with Crippen LogP contribution in [0.4, 0.5) is 11.4 Å². The molecule has 0 aliphatic carbocycles. The Balaban J connectivity index is 1.83. The summed E-state index contributed by atoms with van der Waals surface area (Å²) in [4.78, 5) is 34.7. The minimum Gasteiger partial charge on any atom is -0.455 e. The predicted octanol–water partition coefficient (Wildman–Crippen LogP) is 3.83. The number of halogens is 1. The van der Waals surface area contributed by atoms with E-state index in [0.29, 0.717) is 0 Å². The topological polar surface area (TPSA) is 98.5 Å². The second kappa shape index (κ2) is 9.21. The number of aryl methyl sites for hydroxylation is 1. The molecule has 0 unspecified atom stereocenters. The van der Waals surface area contributed by atoms with Crippen LogP contribution < -0.4 is 5.32 Å². The van der Waals surface area contributed by atoms with Crippen LogP contribution in [0.15, 0.2) is 47.4 Å². The highest BCUT2D eigenvalue weighted by Gasteiger charge is 2.14. The average molecular weight is 395 g/mol. The molecule has 136 valence electrons. The molecule has 26 heavy (non-hydrogen) atoms. The number of carbonyl (C=O) groups is 2. The fourth-order valence-corrected chi connectivity index (χ4v) is 2.94. The third kappa shape index (κ3) is 5.75. The Kier molecular flexibility index (Phi) is 6.99. The third-order valence-electron chi connectivity index (χ3n) is 3.24. The van der Waals surface area contributed by atoms with Gasteiger partial charge in [-0.15, -0.1) is 11.8 Å². The van der Waals surface area contributed by atoms with Crippen molar-refractivity contribution in [2.24, 2.45) is 0 Å². The van der Waals surface area contributed by atoms with E-state index in [4.69, 9.17) is 16.3 Å². The van der Waals surface area contributed by atoms with Gasteiger partial charge in [-0.1, -0.05) is 29.8 Å². The number of non-ortho nitro benzene ring substituents is 1. The quantitative estimate of drug-likeness (QED) is 0.331. The van der Waals surface area contributed by atoms with Crippen molar-refractivity contribution < 1.29 is 19.2 Å². The van der Waals surface area contributed by atoms with Gasteiger partial charge in [0, 0.05) is 17.0 Å². The summed E-state index contributed by atoms with van der Waals surface area (Å²) in [6.07, 6.45) is 0. The Labute approximate surface area is 158 Å². The van der Waals surface area contributed by atoms with Crippen molar-refractivity contribution in [1.82, 2.24) is 0 Å². The lowest BCUT2D eigenvalue weighted by Crippen LogP contribution is -2.21. The Hall–Kier alpha value is -2.58. The van der Waals surface area contributed by atoms with Crippen molar-refractivity contribution in [3.05, 3.63) is 63.2 Å². The van der Waals surface area contributed by atoms with Crippen LogP contribution in [0.1, 0.15) is 5.56 Å². The van der Waals surface area contributed by atoms with Crippen LogP contribution in [0.5, 0.6) is 0 Å². The van der Waals surface area contributed by atoms with Gasteiger partial charge in [0.25, 0.3) is 11.6 Å². The van der Waals surface area contributed by atoms with E-state index in [2.05, 4.69) is 5.32 Å². The number of amides is 1. The zero-order chi connectivity index (χ0) is 19.1. The van der Waals surface area contributed by atoms with Gasteiger partial charge in [-0.05, 0) is 24.6 Å². The summed E-state index contributed by atoms with van der Waals surface area (Å²) in [5, 5.41) is 13.3. The van der Waals surface area contributed by atoms with Crippen LogP contribution >= 0.6 is 23.4 Å². The molecule has 0 aliphatic heterocycles. The molecular formula is C17H15ClN2O5S. The predicted molar refractivity (Wildman–Crippen MR) is 99.6 cm³/mol. The molecule has 1 N–H and O–H groups in total. The number of esters is 1. The molecule has 0 saturated heterocycles. The van der Waals surface area contributed by atoms with Gasteiger partial charge in [-0.3, -0.25) is 19.7 Å². The monoisotopic (exact) mass is 394 g/mol. The molecule has 2 aromatic rings. The van der Waals surface area contributed by atoms with Crippen molar-refractivity contribution in [2.75, 3.05) is 17.7 Å².